The second-order valence-corrected chi connectivity index (χ2v) is 7.93. The Balaban J connectivity index is 0.00000210. The zero-order valence-corrected chi connectivity index (χ0v) is 17.0. The molecule has 2 N–H and O–H groups in total. The van der Waals surface area contributed by atoms with E-state index in [-0.39, 0.29) is 12.4 Å². The number of ether oxygens (including phenoxy) is 2. The second kappa shape index (κ2) is 10.7. The molecule has 152 valence electrons. The zero-order chi connectivity index (χ0) is 17.6. The fraction of sp³-hybridized carbons (Fsp3) is 0.714. The predicted octanol–water partition coefficient (Wildman–Crippen LogP) is 2.19. The van der Waals surface area contributed by atoms with Crippen LogP contribution in [-0.4, -0.2) is 63.0 Å². The molecule has 3 unspecified atom stereocenters. The van der Waals surface area contributed by atoms with Gasteiger partial charge in [0.05, 0.1) is 26.4 Å². The van der Waals surface area contributed by atoms with E-state index < -0.39 is 0 Å². The molecule has 0 bridgehead atoms. The molecule has 27 heavy (non-hydrogen) atoms. The van der Waals surface area contributed by atoms with Crippen LogP contribution >= 0.6 is 12.4 Å². The lowest BCUT2D eigenvalue weighted by Crippen LogP contribution is -2.50. The molecule has 1 aromatic carbocycles. The van der Waals surface area contributed by atoms with Crippen LogP contribution in [0.3, 0.4) is 0 Å². The maximum Gasteiger partial charge on any atom is 0.0623 e. The van der Waals surface area contributed by atoms with E-state index in [1.165, 1.54) is 30.4 Å². The van der Waals surface area contributed by atoms with E-state index >= 15 is 0 Å². The first kappa shape index (κ1) is 21.0. The Morgan fingerprint density at radius 2 is 1.93 bits per heavy atom. The fourth-order valence-corrected chi connectivity index (χ4v) is 4.69. The summed E-state index contributed by atoms with van der Waals surface area (Å²) in [5.41, 5.74) is 2.81. The van der Waals surface area contributed by atoms with Gasteiger partial charge in [0.25, 0.3) is 0 Å². The first-order valence-electron chi connectivity index (χ1n) is 10.3. The lowest BCUT2D eigenvalue weighted by atomic mass is 9.94. The third-order valence-electron chi connectivity index (χ3n) is 6.11. The number of nitrogens with one attached hydrogen (secondary N) is 2. The molecule has 0 amide bonds. The highest BCUT2D eigenvalue weighted by Crippen LogP contribution is 2.29. The van der Waals surface area contributed by atoms with Gasteiger partial charge in [0.2, 0.25) is 0 Å². The van der Waals surface area contributed by atoms with Gasteiger partial charge < -0.3 is 20.1 Å². The molecule has 6 heteroatoms. The Kier molecular flexibility index (Phi) is 8.37. The molecule has 1 aliphatic carbocycles. The Labute approximate surface area is 169 Å². The minimum Gasteiger partial charge on any atom is -0.379 e. The van der Waals surface area contributed by atoms with Crippen LogP contribution in [0.2, 0.25) is 0 Å². The van der Waals surface area contributed by atoms with Crippen LogP contribution in [0.1, 0.15) is 30.4 Å². The number of hydrogen-bond donors (Lipinski definition) is 2. The number of morpholine rings is 2. The van der Waals surface area contributed by atoms with Crippen LogP contribution in [0.4, 0.5) is 0 Å². The Morgan fingerprint density at radius 3 is 2.74 bits per heavy atom. The van der Waals surface area contributed by atoms with E-state index in [0.717, 1.165) is 59.2 Å². The van der Waals surface area contributed by atoms with Gasteiger partial charge >= 0.3 is 0 Å². The maximum absolute atomic E-state index is 5.69. The SMILES string of the molecule is Cl.c1cc(CNC2CCCC2C2COCCN2)cc(CN2CCOCC2)c1. The Hall–Kier alpha value is -0.690. The number of benzene rings is 1. The molecule has 3 atom stereocenters. The van der Waals surface area contributed by atoms with E-state index in [2.05, 4.69) is 39.8 Å². The molecule has 2 aliphatic heterocycles. The van der Waals surface area contributed by atoms with Crippen molar-refractivity contribution in [2.75, 3.05) is 46.1 Å². The van der Waals surface area contributed by atoms with Crippen molar-refractivity contribution in [1.82, 2.24) is 15.5 Å². The molecule has 1 aromatic rings. The molecular weight excluding hydrogens is 362 g/mol. The van der Waals surface area contributed by atoms with Crippen molar-refractivity contribution in [3.05, 3.63) is 35.4 Å². The van der Waals surface area contributed by atoms with Crippen molar-refractivity contribution in [3.63, 3.8) is 0 Å². The predicted molar refractivity (Wildman–Crippen MR) is 110 cm³/mol. The third kappa shape index (κ3) is 5.89. The summed E-state index contributed by atoms with van der Waals surface area (Å²) in [5.74, 6) is 0.701. The molecule has 4 rings (SSSR count). The van der Waals surface area contributed by atoms with Crippen LogP contribution in [-0.2, 0) is 22.6 Å². The Morgan fingerprint density at radius 1 is 1.07 bits per heavy atom. The van der Waals surface area contributed by atoms with Crippen molar-refractivity contribution in [3.8, 4) is 0 Å². The molecule has 0 radical (unpaired) electrons. The summed E-state index contributed by atoms with van der Waals surface area (Å²) < 4.78 is 11.1. The third-order valence-corrected chi connectivity index (χ3v) is 6.11. The topological polar surface area (TPSA) is 45.8 Å². The molecule has 2 heterocycles. The van der Waals surface area contributed by atoms with Crippen molar-refractivity contribution in [1.29, 1.82) is 0 Å². The summed E-state index contributed by atoms with van der Waals surface area (Å²) in [7, 11) is 0. The number of hydrogen-bond acceptors (Lipinski definition) is 5. The van der Waals surface area contributed by atoms with E-state index in [0.29, 0.717) is 18.0 Å². The number of rotatable bonds is 6. The van der Waals surface area contributed by atoms with Crippen molar-refractivity contribution >= 4 is 12.4 Å². The average molecular weight is 396 g/mol. The van der Waals surface area contributed by atoms with E-state index in [1.54, 1.807) is 0 Å². The average Bonchev–Trinajstić information content (AvgIpc) is 3.17. The van der Waals surface area contributed by atoms with Gasteiger partial charge in [-0.3, -0.25) is 4.90 Å². The smallest absolute Gasteiger partial charge is 0.0623 e. The Bertz CT molecular complexity index is 562. The van der Waals surface area contributed by atoms with E-state index in [4.69, 9.17) is 9.47 Å². The van der Waals surface area contributed by atoms with Gasteiger partial charge in [0, 0.05) is 44.8 Å². The summed E-state index contributed by atoms with van der Waals surface area (Å²) in [6, 6.07) is 10.2. The molecule has 0 spiro atoms. The largest absolute Gasteiger partial charge is 0.379 e. The summed E-state index contributed by atoms with van der Waals surface area (Å²) >= 11 is 0. The normalized spacial score (nSPS) is 29.4. The number of halogens is 1. The summed E-state index contributed by atoms with van der Waals surface area (Å²) in [6.07, 6.45) is 3.93. The molecule has 3 aliphatic rings. The number of nitrogens with zero attached hydrogens (tertiary/aromatic N) is 1. The van der Waals surface area contributed by atoms with Gasteiger partial charge in [0.1, 0.15) is 0 Å². The molecule has 0 aromatic heterocycles. The summed E-state index contributed by atoms with van der Waals surface area (Å²) in [4.78, 5) is 2.48. The molecule has 2 saturated heterocycles. The van der Waals surface area contributed by atoms with Gasteiger partial charge in [-0.05, 0) is 29.9 Å². The monoisotopic (exact) mass is 395 g/mol. The van der Waals surface area contributed by atoms with E-state index in [9.17, 15) is 0 Å². The molecule has 5 nitrogen and oxygen atoms in total. The van der Waals surface area contributed by atoms with Crippen LogP contribution in [0, 0.1) is 5.92 Å². The van der Waals surface area contributed by atoms with E-state index in [1.807, 2.05) is 0 Å². The van der Waals surface area contributed by atoms with Crippen molar-refractivity contribution < 1.29 is 9.47 Å². The maximum atomic E-state index is 5.69. The van der Waals surface area contributed by atoms with Crippen molar-refractivity contribution in [2.45, 2.75) is 44.4 Å². The molecule has 1 saturated carbocycles. The molecular formula is C21H34ClN3O2. The van der Waals surface area contributed by atoms with Gasteiger partial charge in [0.15, 0.2) is 0 Å². The lowest BCUT2D eigenvalue weighted by molar-refractivity contribution is 0.0342. The van der Waals surface area contributed by atoms with Crippen LogP contribution in [0.25, 0.3) is 0 Å². The molecule has 3 fully saturated rings. The summed E-state index contributed by atoms with van der Waals surface area (Å²) in [5, 5.41) is 7.51. The van der Waals surface area contributed by atoms with Gasteiger partial charge in [-0.15, -0.1) is 12.4 Å². The minimum atomic E-state index is 0. The first-order valence-corrected chi connectivity index (χ1v) is 10.3. The minimum absolute atomic E-state index is 0. The fourth-order valence-electron chi connectivity index (χ4n) is 4.69. The zero-order valence-electron chi connectivity index (χ0n) is 16.2. The highest BCUT2D eigenvalue weighted by molar-refractivity contribution is 5.85. The second-order valence-electron chi connectivity index (χ2n) is 7.93. The quantitative estimate of drug-likeness (QED) is 0.773. The lowest BCUT2D eigenvalue weighted by Gasteiger charge is -2.33. The van der Waals surface area contributed by atoms with Crippen LogP contribution in [0.15, 0.2) is 24.3 Å². The van der Waals surface area contributed by atoms with Gasteiger partial charge in [-0.1, -0.05) is 30.7 Å². The van der Waals surface area contributed by atoms with Gasteiger partial charge in [-0.2, -0.15) is 0 Å². The van der Waals surface area contributed by atoms with Crippen LogP contribution < -0.4 is 10.6 Å². The summed E-state index contributed by atoms with van der Waals surface area (Å²) in [6.45, 7) is 8.54. The van der Waals surface area contributed by atoms with Crippen LogP contribution in [0.5, 0.6) is 0 Å². The van der Waals surface area contributed by atoms with Gasteiger partial charge in [-0.25, -0.2) is 0 Å². The standard InChI is InChI=1S/C21H33N3O2.ClH/c1-3-17(13-18(4-1)15-24-8-11-25-12-9-24)14-23-20-6-2-5-19(20)21-16-26-10-7-22-21;/h1,3-4,13,19-23H,2,5-12,14-16H2;1H. The highest BCUT2D eigenvalue weighted by Gasteiger charge is 2.34. The first-order chi connectivity index (χ1) is 12.9. The van der Waals surface area contributed by atoms with Crippen molar-refractivity contribution in [2.24, 2.45) is 5.92 Å². The highest BCUT2D eigenvalue weighted by atomic mass is 35.5.